The third kappa shape index (κ3) is 6.68. The normalized spacial score (nSPS) is 13.6. The molecular weight excluding hydrogens is 400 g/mol. The van der Waals surface area contributed by atoms with Crippen LogP contribution in [0, 0.1) is 5.41 Å². The summed E-state index contributed by atoms with van der Waals surface area (Å²) in [5.41, 5.74) is -2.35. The molecule has 0 saturated heterocycles. The van der Waals surface area contributed by atoms with Crippen molar-refractivity contribution in [2.24, 2.45) is 5.41 Å². The van der Waals surface area contributed by atoms with E-state index in [0.717, 1.165) is 6.26 Å². The van der Waals surface area contributed by atoms with E-state index in [9.17, 15) is 29.7 Å². The highest BCUT2D eigenvalue weighted by atomic mass is 16.8. The third-order valence-corrected chi connectivity index (χ3v) is 4.07. The second kappa shape index (κ2) is 12.1. The lowest BCUT2D eigenvalue weighted by molar-refractivity contribution is -0.303. The van der Waals surface area contributed by atoms with Crippen LogP contribution in [0.4, 0.5) is 0 Å². The van der Waals surface area contributed by atoms with E-state index in [1.165, 1.54) is 20.8 Å². The van der Waals surface area contributed by atoms with Gasteiger partial charge in [0, 0.05) is 11.1 Å². The van der Waals surface area contributed by atoms with Crippen LogP contribution in [0.3, 0.4) is 0 Å². The summed E-state index contributed by atoms with van der Waals surface area (Å²) >= 11 is 0. The molecule has 0 bridgehead atoms. The Morgan fingerprint density at radius 2 is 1.33 bits per heavy atom. The Balaban J connectivity index is 6.48. The number of ether oxygens (including phenoxy) is 4. The van der Waals surface area contributed by atoms with E-state index in [4.69, 9.17) is 18.9 Å². The van der Waals surface area contributed by atoms with Crippen LogP contribution in [0.1, 0.15) is 27.7 Å². The molecule has 0 radical (unpaired) electrons. The minimum absolute atomic E-state index is 0.0172. The molecule has 0 heterocycles. The zero-order valence-electron chi connectivity index (χ0n) is 17.7. The first-order valence-electron chi connectivity index (χ1n) is 9.01. The molecule has 0 saturated carbocycles. The van der Waals surface area contributed by atoms with Gasteiger partial charge in [-0.3, -0.25) is 0 Å². The summed E-state index contributed by atoms with van der Waals surface area (Å²) in [5, 5.41) is 29.7. The number of rotatable bonds is 13. The van der Waals surface area contributed by atoms with Crippen LogP contribution in [-0.4, -0.2) is 72.0 Å². The third-order valence-electron chi connectivity index (χ3n) is 4.07. The van der Waals surface area contributed by atoms with Crippen molar-refractivity contribution < 1.29 is 48.7 Å². The van der Waals surface area contributed by atoms with Gasteiger partial charge in [0.2, 0.25) is 0 Å². The molecule has 0 aliphatic rings. The predicted molar refractivity (Wildman–Crippen MR) is 105 cm³/mol. The fraction of sp³-hybridized carbons (Fsp3) is 0.550. The molecule has 0 rings (SSSR count). The van der Waals surface area contributed by atoms with Gasteiger partial charge in [-0.25, -0.2) is 14.4 Å². The zero-order valence-corrected chi connectivity index (χ0v) is 17.7. The first kappa shape index (κ1) is 27.3. The summed E-state index contributed by atoms with van der Waals surface area (Å²) in [6.07, 6.45) is 1.09. The Labute approximate surface area is 175 Å². The molecule has 0 aromatic carbocycles. The largest absolute Gasteiger partial charge is 0.501 e. The highest BCUT2D eigenvalue weighted by Gasteiger charge is 2.59. The van der Waals surface area contributed by atoms with Gasteiger partial charge < -0.3 is 34.3 Å². The van der Waals surface area contributed by atoms with Crippen molar-refractivity contribution >= 4 is 17.9 Å². The van der Waals surface area contributed by atoms with Crippen molar-refractivity contribution in [3.63, 3.8) is 0 Å². The minimum atomic E-state index is -2.61. The lowest BCUT2D eigenvalue weighted by atomic mass is 9.81. The van der Waals surface area contributed by atoms with Crippen LogP contribution in [-0.2, 0) is 33.3 Å². The van der Waals surface area contributed by atoms with Crippen molar-refractivity contribution in [2.75, 3.05) is 33.0 Å². The van der Waals surface area contributed by atoms with Gasteiger partial charge >= 0.3 is 23.7 Å². The second-order valence-corrected chi connectivity index (χ2v) is 6.68. The maximum atomic E-state index is 12.6. The molecule has 1 unspecified atom stereocenters. The van der Waals surface area contributed by atoms with Crippen molar-refractivity contribution in [1.29, 1.82) is 0 Å². The van der Waals surface area contributed by atoms with Crippen molar-refractivity contribution in [3.05, 3.63) is 36.1 Å². The van der Waals surface area contributed by atoms with Crippen molar-refractivity contribution in [1.82, 2.24) is 0 Å². The summed E-state index contributed by atoms with van der Waals surface area (Å²) in [7, 11) is 0. The van der Waals surface area contributed by atoms with E-state index < -0.39 is 55.5 Å². The van der Waals surface area contributed by atoms with Crippen LogP contribution < -0.4 is 0 Å². The molecule has 10 nitrogen and oxygen atoms in total. The van der Waals surface area contributed by atoms with Crippen LogP contribution in [0.25, 0.3) is 0 Å². The summed E-state index contributed by atoms with van der Waals surface area (Å²) < 4.78 is 20.6. The van der Waals surface area contributed by atoms with Crippen molar-refractivity contribution in [3.8, 4) is 0 Å². The first-order valence-corrected chi connectivity index (χ1v) is 9.01. The molecular formula is C20H30O10. The van der Waals surface area contributed by atoms with Crippen LogP contribution in [0.2, 0.25) is 0 Å². The topological polar surface area (TPSA) is 149 Å². The quantitative estimate of drug-likeness (QED) is 0.162. The maximum Gasteiger partial charge on any atom is 0.340 e. The Hall–Kier alpha value is -2.69. The van der Waals surface area contributed by atoms with Gasteiger partial charge in [-0.05, 0) is 27.7 Å². The fourth-order valence-electron chi connectivity index (χ4n) is 1.97. The predicted octanol–water partition coefficient (Wildman–Crippen LogP) is 0.368. The van der Waals surface area contributed by atoms with Crippen molar-refractivity contribution in [2.45, 2.75) is 33.5 Å². The zero-order chi connectivity index (χ0) is 23.5. The monoisotopic (exact) mass is 430 g/mol. The molecule has 0 aliphatic heterocycles. The lowest BCUT2D eigenvalue weighted by Gasteiger charge is -2.44. The number of aliphatic hydroxyl groups excluding tert-OH is 3. The average Bonchev–Trinajstić information content (AvgIpc) is 2.71. The molecule has 30 heavy (non-hydrogen) atoms. The first-order chi connectivity index (χ1) is 14.0. The van der Waals surface area contributed by atoms with Gasteiger partial charge in [0.05, 0.1) is 38.3 Å². The van der Waals surface area contributed by atoms with Crippen LogP contribution >= 0.6 is 0 Å². The molecule has 0 aromatic rings. The molecule has 3 N–H and O–H groups in total. The average molecular weight is 430 g/mol. The fourth-order valence-corrected chi connectivity index (χ4v) is 1.97. The standard InChI is InChI=1S/C20H30O10/c1-7-27-8-15(6)18(26)30-20(29-17(25)14(4)5,12-28-16(24)13(2)3)19(9-21,10-22)11-23/h8,21-23H,2,4,7,9-12H2,1,3,5-6H3/b15-8+. The van der Waals surface area contributed by atoms with E-state index >= 15 is 0 Å². The molecule has 0 fully saturated rings. The smallest absolute Gasteiger partial charge is 0.340 e. The van der Waals surface area contributed by atoms with Crippen LogP contribution in [0.5, 0.6) is 0 Å². The molecule has 10 heteroatoms. The molecule has 0 aliphatic carbocycles. The minimum Gasteiger partial charge on any atom is -0.501 e. The molecule has 0 amide bonds. The Morgan fingerprint density at radius 3 is 1.73 bits per heavy atom. The highest BCUT2D eigenvalue weighted by molar-refractivity contribution is 5.90. The number of hydrogen-bond donors (Lipinski definition) is 3. The summed E-state index contributed by atoms with van der Waals surface area (Å²) in [4.78, 5) is 36.8. The Kier molecular flexibility index (Phi) is 11.0. The van der Waals surface area contributed by atoms with Gasteiger partial charge in [0.15, 0.2) is 6.61 Å². The van der Waals surface area contributed by atoms with E-state index in [1.54, 1.807) is 6.92 Å². The number of hydrogen-bond acceptors (Lipinski definition) is 10. The number of aliphatic hydroxyl groups is 3. The van der Waals surface area contributed by atoms with E-state index in [0.29, 0.717) is 0 Å². The van der Waals surface area contributed by atoms with E-state index in [-0.39, 0.29) is 23.3 Å². The Bertz CT molecular complexity index is 681. The Morgan fingerprint density at radius 1 is 0.867 bits per heavy atom. The van der Waals surface area contributed by atoms with Gasteiger partial charge in [0.1, 0.15) is 5.41 Å². The van der Waals surface area contributed by atoms with E-state index in [1.807, 2.05) is 0 Å². The lowest BCUT2D eigenvalue weighted by Crippen LogP contribution is -2.63. The molecule has 1 atom stereocenters. The van der Waals surface area contributed by atoms with Gasteiger partial charge in [-0.1, -0.05) is 13.2 Å². The van der Waals surface area contributed by atoms with Crippen LogP contribution in [0.15, 0.2) is 36.1 Å². The SMILES string of the molecule is C=C(C)C(=O)OCC(OC(=O)C(=C)C)(OC(=O)/C(C)=C/OCC)C(CO)(CO)CO. The molecule has 0 spiro atoms. The summed E-state index contributed by atoms with van der Waals surface area (Å²) in [6.45, 7) is 8.79. The highest BCUT2D eigenvalue weighted by Crippen LogP contribution is 2.38. The number of carbonyl (C=O) groups excluding carboxylic acids is 3. The van der Waals surface area contributed by atoms with Gasteiger partial charge in [-0.2, -0.15) is 0 Å². The van der Waals surface area contributed by atoms with Gasteiger partial charge in [-0.15, -0.1) is 0 Å². The summed E-state index contributed by atoms with van der Waals surface area (Å²) in [5.74, 6) is -5.69. The summed E-state index contributed by atoms with van der Waals surface area (Å²) in [6, 6.07) is 0. The molecule has 0 aromatic heterocycles. The second-order valence-electron chi connectivity index (χ2n) is 6.68. The number of carbonyl (C=O) groups is 3. The van der Waals surface area contributed by atoms with Gasteiger partial charge in [0.25, 0.3) is 0 Å². The van der Waals surface area contributed by atoms with E-state index in [2.05, 4.69) is 13.2 Å². The maximum absolute atomic E-state index is 12.6. The number of esters is 3. The molecule has 170 valence electrons.